The summed E-state index contributed by atoms with van der Waals surface area (Å²) in [6.07, 6.45) is 5.95. The second kappa shape index (κ2) is 11.1. The van der Waals surface area contributed by atoms with Crippen LogP contribution < -0.4 is 10.6 Å². The Kier molecular flexibility index (Phi) is 8.11. The van der Waals surface area contributed by atoms with E-state index in [4.69, 9.17) is 10.7 Å². The van der Waals surface area contributed by atoms with Gasteiger partial charge in [0, 0.05) is 31.0 Å². The van der Waals surface area contributed by atoms with Crippen molar-refractivity contribution < 1.29 is 9.35 Å². The van der Waals surface area contributed by atoms with Gasteiger partial charge in [0.05, 0.1) is 16.7 Å². The lowest BCUT2D eigenvalue weighted by Crippen LogP contribution is -2.54. The maximum atomic E-state index is 12.4. The lowest BCUT2D eigenvalue weighted by atomic mass is 9.86. The molecule has 1 aromatic carbocycles. The van der Waals surface area contributed by atoms with E-state index in [0.29, 0.717) is 47.0 Å². The molecule has 2 saturated heterocycles. The van der Waals surface area contributed by atoms with Crippen molar-refractivity contribution in [2.75, 3.05) is 30.8 Å². The maximum absolute atomic E-state index is 12.4. The molecule has 1 spiro atoms. The molecule has 2 aromatic rings. The van der Waals surface area contributed by atoms with Gasteiger partial charge in [0.25, 0.3) is 0 Å². The van der Waals surface area contributed by atoms with Crippen molar-refractivity contribution in [2.24, 2.45) is 5.73 Å². The van der Waals surface area contributed by atoms with E-state index in [1.165, 1.54) is 0 Å². The molecule has 4 rings (SSSR count). The second-order valence-electron chi connectivity index (χ2n) is 9.20. The molecule has 1 amide bonds. The van der Waals surface area contributed by atoms with E-state index in [0.717, 1.165) is 49.6 Å². The van der Waals surface area contributed by atoms with Crippen molar-refractivity contribution >= 4 is 34.8 Å². The van der Waals surface area contributed by atoms with Crippen LogP contribution in [0.3, 0.4) is 0 Å². The maximum Gasteiger partial charge on any atom is 0.235 e. The number of carbonyl (C=O) groups is 1. The highest BCUT2D eigenvalue weighted by molar-refractivity contribution is 8.00. The smallest absolute Gasteiger partial charge is 0.235 e. The summed E-state index contributed by atoms with van der Waals surface area (Å²) in [6.45, 7) is 4.10. The van der Waals surface area contributed by atoms with Crippen molar-refractivity contribution in [3.63, 3.8) is 0 Å². The van der Waals surface area contributed by atoms with Crippen molar-refractivity contribution in [3.05, 3.63) is 52.6 Å². The van der Waals surface area contributed by atoms with Gasteiger partial charge in [-0.25, -0.2) is 4.98 Å². The second-order valence-corrected chi connectivity index (χ2v) is 11.6. The number of anilines is 1. The molecule has 188 valence electrons. The molecule has 2 aliphatic rings. The number of amides is 1. The van der Waals surface area contributed by atoms with Gasteiger partial charge in [-0.3, -0.25) is 4.79 Å². The third-order valence-electron chi connectivity index (χ3n) is 7.25. The van der Waals surface area contributed by atoms with Crippen LogP contribution in [0.4, 0.5) is 5.82 Å². The number of carbonyl (C=O) groups excluding carboxylic acids is 1. The molecular formula is C26H30N6O2S2. The van der Waals surface area contributed by atoms with E-state index in [1.807, 2.05) is 37.3 Å². The zero-order valence-electron chi connectivity index (χ0n) is 20.6. The molecule has 2 atom stereocenters. The first kappa shape index (κ1) is 26.3. The Morgan fingerprint density at radius 1 is 1.19 bits per heavy atom. The van der Waals surface area contributed by atoms with Crippen LogP contribution >= 0.6 is 11.8 Å². The van der Waals surface area contributed by atoms with Gasteiger partial charge < -0.3 is 15.2 Å². The highest BCUT2D eigenvalue weighted by Crippen LogP contribution is 2.43. The van der Waals surface area contributed by atoms with E-state index in [-0.39, 0.29) is 5.54 Å². The van der Waals surface area contributed by atoms with E-state index >= 15 is 0 Å². The Balaban J connectivity index is 1.71. The summed E-state index contributed by atoms with van der Waals surface area (Å²) in [6, 6.07) is 13.7. The molecule has 36 heavy (non-hydrogen) atoms. The summed E-state index contributed by atoms with van der Waals surface area (Å²) in [7, 11) is 0. The molecule has 2 aliphatic heterocycles. The SMILES string of the molecule is CCc1c(C#N)c(SC(C(N)=O)c2ccccc2)nc(N2CCC3(CCCN3[S+](C)[O-])CC2)c1C#N. The third-order valence-corrected chi connectivity index (χ3v) is 9.70. The Hall–Kier alpha value is -2.76. The van der Waals surface area contributed by atoms with Crippen molar-refractivity contribution in [3.8, 4) is 12.1 Å². The molecule has 1 aromatic heterocycles. The number of rotatable bonds is 7. The van der Waals surface area contributed by atoms with Crippen LogP contribution in [-0.4, -0.2) is 51.2 Å². The van der Waals surface area contributed by atoms with Gasteiger partial charge in [-0.1, -0.05) is 49.0 Å². The molecule has 2 fully saturated rings. The minimum absolute atomic E-state index is 0.0783. The summed E-state index contributed by atoms with van der Waals surface area (Å²) >= 11 is 0.140. The zero-order chi connectivity index (χ0) is 25.9. The fraction of sp³-hybridized carbons (Fsp3) is 0.462. The zero-order valence-corrected chi connectivity index (χ0v) is 22.2. The Morgan fingerprint density at radius 3 is 2.42 bits per heavy atom. The van der Waals surface area contributed by atoms with E-state index in [1.54, 1.807) is 6.26 Å². The quantitative estimate of drug-likeness (QED) is 0.432. The average Bonchev–Trinajstić information content (AvgIpc) is 3.30. The van der Waals surface area contributed by atoms with Gasteiger partial charge in [0.15, 0.2) is 0 Å². The molecule has 8 nitrogen and oxygen atoms in total. The molecule has 3 heterocycles. The number of nitriles is 2. The predicted octanol–water partition coefficient (Wildman–Crippen LogP) is 3.43. The van der Waals surface area contributed by atoms with E-state index in [2.05, 4.69) is 21.3 Å². The van der Waals surface area contributed by atoms with Crippen LogP contribution in [0.25, 0.3) is 0 Å². The lowest BCUT2D eigenvalue weighted by Gasteiger charge is -2.44. The number of hydrogen-bond donors (Lipinski definition) is 1. The molecule has 2 unspecified atom stereocenters. The monoisotopic (exact) mass is 522 g/mol. The van der Waals surface area contributed by atoms with Crippen LogP contribution in [0, 0.1) is 22.7 Å². The molecule has 2 N–H and O–H groups in total. The normalized spacial score (nSPS) is 19.0. The largest absolute Gasteiger partial charge is 0.598 e. The number of piperidine rings is 1. The first-order chi connectivity index (χ1) is 17.3. The van der Waals surface area contributed by atoms with Crippen LogP contribution in [0.15, 0.2) is 35.4 Å². The fourth-order valence-corrected chi connectivity index (χ4v) is 7.74. The summed E-state index contributed by atoms with van der Waals surface area (Å²) in [5.41, 5.74) is 7.78. The average molecular weight is 523 g/mol. The highest BCUT2D eigenvalue weighted by atomic mass is 32.2. The lowest BCUT2D eigenvalue weighted by molar-refractivity contribution is -0.117. The number of benzene rings is 1. The van der Waals surface area contributed by atoms with Crippen molar-refractivity contribution in [1.82, 2.24) is 9.29 Å². The van der Waals surface area contributed by atoms with Gasteiger partial charge in [0.2, 0.25) is 5.91 Å². The number of nitrogens with two attached hydrogens (primary N) is 1. The number of aromatic nitrogens is 1. The van der Waals surface area contributed by atoms with Gasteiger partial charge in [-0.05, 0) is 43.2 Å². The van der Waals surface area contributed by atoms with Gasteiger partial charge in [-0.2, -0.15) is 10.5 Å². The van der Waals surface area contributed by atoms with Crippen molar-refractivity contribution in [1.29, 1.82) is 10.5 Å². The number of hydrogen-bond acceptors (Lipinski definition) is 8. The summed E-state index contributed by atoms with van der Waals surface area (Å²) in [5, 5.41) is 19.8. The van der Waals surface area contributed by atoms with Gasteiger partial charge in [0.1, 0.15) is 34.5 Å². The summed E-state index contributed by atoms with van der Waals surface area (Å²) in [5.74, 6) is 0.0267. The topological polar surface area (TPSA) is 133 Å². The molecule has 0 radical (unpaired) electrons. The molecule has 10 heteroatoms. The number of pyridine rings is 1. The van der Waals surface area contributed by atoms with Crippen molar-refractivity contribution in [2.45, 2.75) is 54.8 Å². The molecule has 0 saturated carbocycles. The Labute approximate surface area is 219 Å². The van der Waals surface area contributed by atoms with Crippen LogP contribution in [0.2, 0.25) is 0 Å². The first-order valence-electron chi connectivity index (χ1n) is 12.1. The van der Waals surface area contributed by atoms with E-state index < -0.39 is 22.5 Å². The first-order valence-corrected chi connectivity index (χ1v) is 14.5. The van der Waals surface area contributed by atoms with Crippen LogP contribution in [0.5, 0.6) is 0 Å². The highest BCUT2D eigenvalue weighted by Gasteiger charge is 2.48. The minimum atomic E-state index is -1.02. The van der Waals surface area contributed by atoms with E-state index in [9.17, 15) is 19.9 Å². The Bertz CT molecular complexity index is 1200. The Morgan fingerprint density at radius 2 is 1.86 bits per heavy atom. The molecular weight excluding hydrogens is 492 g/mol. The third kappa shape index (κ3) is 4.91. The summed E-state index contributed by atoms with van der Waals surface area (Å²) < 4.78 is 14.5. The standard InChI is InChI=1S/C26H30N6O2S2/c1-3-19-20(16-27)24(31-14-11-26(12-15-31)10-7-13-32(26)36(2)34)30-25(21(19)17-28)35-22(23(29)33)18-8-5-4-6-9-18/h4-6,8-9,22H,3,7,10-15H2,1-2H3,(H2,29,33). The predicted molar refractivity (Wildman–Crippen MR) is 141 cm³/mol. The van der Waals surface area contributed by atoms with Gasteiger partial charge in [-0.15, -0.1) is 4.31 Å². The van der Waals surface area contributed by atoms with Crippen LogP contribution in [0.1, 0.15) is 60.1 Å². The minimum Gasteiger partial charge on any atom is -0.598 e. The van der Waals surface area contributed by atoms with Gasteiger partial charge >= 0.3 is 0 Å². The fourth-order valence-electron chi connectivity index (χ4n) is 5.48. The number of primary amides is 1. The number of thioether (sulfide) groups is 1. The summed E-state index contributed by atoms with van der Waals surface area (Å²) in [4.78, 5) is 19.3. The van der Waals surface area contributed by atoms with Crippen LogP contribution in [-0.2, 0) is 22.6 Å². The molecule has 0 aliphatic carbocycles. The number of nitrogens with zero attached hydrogens (tertiary/aromatic N) is 5. The molecule has 0 bridgehead atoms.